The lowest BCUT2D eigenvalue weighted by atomic mass is 9.93. The summed E-state index contributed by atoms with van der Waals surface area (Å²) in [5.74, 6) is -0.345. The van der Waals surface area contributed by atoms with E-state index in [-0.39, 0.29) is 17.5 Å². The molecule has 2 atom stereocenters. The molecule has 1 aromatic heterocycles. The van der Waals surface area contributed by atoms with Crippen LogP contribution in [0.4, 0.5) is 0 Å². The van der Waals surface area contributed by atoms with E-state index in [2.05, 4.69) is 4.98 Å². The van der Waals surface area contributed by atoms with Crippen LogP contribution in [-0.4, -0.2) is 27.8 Å². The summed E-state index contributed by atoms with van der Waals surface area (Å²) < 4.78 is 11.3. The predicted octanol–water partition coefficient (Wildman–Crippen LogP) is 3.42. The van der Waals surface area contributed by atoms with Crippen molar-refractivity contribution in [3.8, 4) is 5.75 Å². The number of H-pyrrole nitrogens is 1. The molecule has 23 heavy (non-hydrogen) atoms. The largest absolute Gasteiger partial charge is 0.506 e. The van der Waals surface area contributed by atoms with Gasteiger partial charge >= 0.3 is 5.97 Å². The summed E-state index contributed by atoms with van der Waals surface area (Å²) in [7, 11) is 0. The Morgan fingerprint density at radius 2 is 2.00 bits per heavy atom. The second kappa shape index (κ2) is 3.86. The van der Waals surface area contributed by atoms with Crippen molar-refractivity contribution in [1.29, 1.82) is 0 Å². The zero-order valence-corrected chi connectivity index (χ0v) is 12.7. The van der Waals surface area contributed by atoms with Gasteiger partial charge in [-0.3, -0.25) is 0 Å². The van der Waals surface area contributed by atoms with Crippen LogP contribution in [0.3, 0.4) is 0 Å². The minimum Gasteiger partial charge on any atom is -0.506 e. The van der Waals surface area contributed by atoms with E-state index in [1.165, 1.54) is 6.07 Å². The summed E-state index contributed by atoms with van der Waals surface area (Å²) in [6, 6.07) is 9.29. The number of aromatic nitrogens is 1. The van der Waals surface area contributed by atoms with Crippen LogP contribution in [0.2, 0.25) is 0 Å². The second-order valence-corrected chi connectivity index (χ2v) is 6.75. The summed E-state index contributed by atoms with van der Waals surface area (Å²) >= 11 is 0. The SMILES string of the molecule is CC1(C)OC1C1OC(=O)c2cc(O)c3[nH]c4ccccc4c3c21. The zero-order chi connectivity index (χ0) is 15.9. The number of aromatic hydroxyl groups is 1. The van der Waals surface area contributed by atoms with E-state index in [1.54, 1.807) is 0 Å². The average Bonchev–Trinajstić information content (AvgIpc) is 2.86. The first-order valence-electron chi connectivity index (χ1n) is 7.62. The van der Waals surface area contributed by atoms with E-state index in [0.717, 1.165) is 21.9 Å². The van der Waals surface area contributed by atoms with Gasteiger partial charge in [-0.25, -0.2) is 4.79 Å². The maximum atomic E-state index is 12.3. The van der Waals surface area contributed by atoms with Crippen LogP contribution < -0.4 is 0 Å². The fourth-order valence-electron chi connectivity index (χ4n) is 3.67. The molecule has 2 aromatic carbocycles. The van der Waals surface area contributed by atoms with Gasteiger partial charge in [0.05, 0.1) is 16.7 Å². The predicted molar refractivity (Wildman–Crippen MR) is 84.6 cm³/mol. The molecule has 5 nitrogen and oxygen atoms in total. The van der Waals surface area contributed by atoms with Gasteiger partial charge in [-0.15, -0.1) is 0 Å². The number of rotatable bonds is 1. The Morgan fingerprint density at radius 3 is 2.74 bits per heavy atom. The highest BCUT2D eigenvalue weighted by Gasteiger charge is 2.57. The minimum absolute atomic E-state index is 0.0588. The van der Waals surface area contributed by atoms with Gasteiger partial charge in [-0.05, 0) is 26.0 Å². The molecular weight excluding hydrogens is 294 g/mol. The van der Waals surface area contributed by atoms with Gasteiger partial charge in [0.1, 0.15) is 11.9 Å². The first-order valence-corrected chi connectivity index (χ1v) is 7.62. The molecule has 0 radical (unpaired) electrons. The highest BCUT2D eigenvalue weighted by Crippen LogP contribution is 2.52. The van der Waals surface area contributed by atoms with E-state index in [9.17, 15) is 9.90 Å². The summed E-state index contributed by atoms with van der Waals surface area (Å²) in [5, 5.41) is 12.1. The minimum atomic E-state index is -0.435. The Kier molecular flexibility index (Phi) is 2.18. The van der Waals surface area contributed by atoms with Crippen LogP contribution >= 0.6 is 0 Å². The summed E-state index contributed by atoms with van der Waals surface area (Å²) in [5.41, 5.74) is 2.49. The van der Waals surface area contributed by atoms with Crippen molar-refractivity contribution in [2.24, 2.45) is 0 Å². The molecule has 5 rings (SSSR count). The molecule has 2 N–H and O–H groups in total. The monoisotopic (exact) mass is 309 g/mol. The molecular formula is C18H15NO4. The van der Waals surface area contributed by atoms with Crippen molar-refractivity contribution in [1.82, 2.24) is 4.98 Å². The molecule has 116 valence electrons. The third kappa shape index (κ3) is 1.57. The number of hydrogen-bond acceptors (Lipinski definition) is 4. The molecule has 0 bridgehead atoms. The van der Waals surface area contributed by atoms with Crippen LogP contribution in [-0.2, 0) is 9.47 Å². The number of para-hydroxylation sites is 1. The Labute approximate surface area is 131 Å². The molecule has 0 aliphatic carbocycles. The standard InChI is InChI=1S/C18H15NO4/c1-18(2)16(23-18)15-13-9(17(21)22-15)7-11(20)14-12(13)8-5-3-4-6-10(8)19-14/h3-7,15-16,19-20H,1-2H3. The van der Waals surface area contributed by atoms with Gasteiger partial charge in [0, 0.05) is 21.9 Å². The summed E-state index contributed by atoms with van der Waals surface area (Å²) in [6.45, 7) is 3.96. The van der Waals surface area contributed by atoms with Crippen LogP contribution in [0, 0.1) is 0 Å². The molecule has 2 aliphatic rings. The molecule has 3 heterocycles. The van der Waals surface area contributed by atoms with Crippen molar-refractivity contribution in [3.63, 3.8) is 0 Å². The normalized spacial score (nSPS) is 24.9. The van der Waals surface area contributed by atoms with Crippen molar-refractivity contribution >= 4 is 27.8 Å². The topological polar surface area (TPSA) is 74.8 Å². The molecule has 1 fully saturated rings. The van der Waals surface area contributed by atoms with Gasteiger partial charge < -0.3 is 19.6 Å². The maximum absolute atomic E-state index is 12.3. The molecule has 1 saturated heterocycles. The van der Waals surface area contributed by atoms with Gasteiger partial charge in [-0.2, -0.15) is 0 Å². The third-order valence-corrected chi connectivity index (χ3v) is 4.87. The van der Waals surface area contributed by atoms with E-state index < -0.39 is 12.1 Å². The van der Waals surface area contributed by atoms with Crippen molar-refractivity contribution in [3.05, 3.63) is 41.5 Å². The first kappa shape index (κ1) is 13.0. The number of ether oxygens (including phenoxy) is 2. The number of phenols is 1. The van der Waals surface area contributed by atoms with E-state index >= 15 is 0 Å². The molecule has 0 spiro atoms. The number of epoxide rings is 1. The van der Waals surface area contributed by atoms with E-state index in [1.807, 2.05) is 38.1 Å². The highest BCUT2D eigenvalue weighted by atomic mass is 16.6. The van der Waals surface area contributed by atoms with E-state index in [0.29, 0.717) is 11.1 Å². The summed E-state index contributed by atoms with van der Waals surface area (Å²) in [6.07, 6.45) is -0.594. The Balaban J connectivity index is 1.89. The number of cyclic esters (lactones) is 1. The van der Waals surface area contributed by atoms with Crippen molar-refractivity contribution in [2.45, 2.75) is 31.7 Å². The smallest absolute Gasteiger partial charge is 0.339 e. The lowest BCUT2D eigenvalue weighted by molar-refractivity contribution is 0.0323. The lowest BCUT2D eigenvalue weighted by Gasteiger charge is -2.10. The van der Waals surface area contributed by atoms with Gasteiger partial charge in [0.15, 0.2) is 6.10 Å². The van der Waals surface area contributed by atoms with Gasteiger partial charge in [0.2, 0.25) is 0 Å². The summed E-state index contributed by atoms with van der Waals surface area (Å²) in [4.78, 5) is 15.5. The molecule has 2 unspecified atom stereocenters. The second-order valence-electron chi connectivity index (χ2n) is 6.75. The fourth-order valence-corrected chi connectivity index (χ4v) is 3.67. The number of esters is 1. The highest BCUT2D eigenvalue weighted by molar-refractivity contribution is 6.15. The number of phenolic OH excluding ortho intramolecular Hbond substituents is 1. The molecule has 2 aliphatic heterocycles. The van der Waals surface area contributed by atoms with Crippen LogP contribution in [0.15, 0.2) is 30.3 Å². The lowest BCUT2D eigenvalue weighted by Crippen LogP contribution is -2.13. The third-order valence-electron chi connectivity index (χ3n) is 4.87. The number of carbonyl (C=O) groups is 1. The van der Waals surface area contributed by atoms with Crippen molar-refractivity contribution in [2.75, 3.05) is 0 Å². The number of benzene rings is 2. The fraction of sp³-hybridized carbons (Fsp3) is 0.278. The van der Waals surface area contributed by atoms with Crippen molar-refractivity contribution < 1.29 is 19.4 Å². The van der Waals surface area contributed by atoms with Crippen LogP contribution in [0.5, 0.6) is 5.75 Å². The Bertz CT molecular complexity index is 1000. The molecule has 0 amide bonds. The Morgan fingerprint density at radius 1 is 1.26 bits per heavy atom. The average molecular weight is 309 g/mol. The molecule has 0 saturated carbocycles. The van der Waals surface area contributed by atoms with Crippen LogP contribution in [0.1, 0.15) is 35.9 Å². The quantitative estimate of drug-likeness (QED) is 0.533. The number of aromatic amines is 1. The Hall–Kier alpha value is -2.53. The number of hydrogen-bond donors (Lipinski definition) is 2. The molecule has 5 heteroatoms. The first-order chi connectivity index (χ1) is 11.0. The van der Waals surface area contributed by atoms with Crippen LogP contribution in [0.25, 0.3) is 21.8 Å². The van der Waals surface area contributed by atoms with Gasteiger partial charge in [0.25, 0.3) is 0 Å². The maximum Gasteiger partial charge on any atom is 0.339 e. The van der Waals surface area contributed by atoms with E-state index in [4.69, 9.17) is 9.47 Å². The van der Waals surface area contributed by atoms with Gasteiger partial charge in [-0.1, -0.05) is 18.2 Å². The number of fused-ring (bicyclic) bond motifs is 5. The number of nitrogens with one attached hydrogen (secondary N) is 1. The zero-order valence-electron chi connectivity index (χ0n) is 12.7. The number of carbonyl (C=O) groups excluding carboxylic acids is 1. The molecule has 3 aromatic rings.